The highest BCUT2D eigenvalue weighted by atomic mass is 16.3. The van der Waals surface area contributed by atoms with Crippen LogP contribution in [0.5, 0.6) is 0 Å². The highest BCUT2D eigenvalue weighted by Crippen LogP contribution is 2.18. The van der Waals surface area contributed by atoms with E-state index in [2.05, 4.69) is 31.2 Å². The summed E-state index contributed by atoms with van der Waals surface area (Å²) in [5.41, 5.74) is 11.9. The third kappa shape index (κ3) is 4.92. The van der Waals surface area contributed by atoms with Crippen LogP contribution in [0.2, 0.25) is 0 Å². The van der Waals surface area contributed by atoms with Crippen LogP contribution in [0, 0.1) is 0 Å². The number of benzene rings is 1. The van der Waals surface area contributed by atoms with E-state index in [0.717, 1.165) is 22.8 Å². The molecule has 0 radical (unpaired) electrons. The van der Waals surface area contributed by atoms with E-state index >= 15 is 0 Å². The van der Waals surface area contributed by atoms with Crippen molar-refractivity contribution in [3.63, 3.8) is 0 Å². The Labute approximate surface area is 168 Å². The minimum atomic E-state index is -0.237. The number of rotatable bonds is 9. The van der Waals surface area contributed by atoms with Gasteiger partial charge in [0.25, 0.3) is 5.91 Å². The van der Waals surface area contributed by atoms with Crippen LogP contribution < -0.4 is 21.8 Å². The van der Waals surface area contributed by atoms with Crippen LogP contribution in [0.4, 0.5) is 5.69 Å². The number of aromatic amines is 1. The number of hydrazine groups is 1. The van der Waals surface area contributed by atoms with Crippen LogP contribution in [0.15, 0.2) is 47.9 Å². The Morgan fingerprint density at radius 3 is 2.79 bits per heavy atom. The van der Waals surface area contributed by atoms with Crippen LogP contribution in [0.25, 0.3) is 5.70 Å². The van der Waals surface area contributed by atoms with Crippen molar-refractivity contribution in [1.29, 1.82) is 0 Å². The number of amidine groups is 1. The number of nitrogens with one attached hydrogen (secondary N) is 4. The van der Waals surface area contributed by atoms with Gasteiger partial charge in [0.2, 0.25) is 0 Å². The molecular weight excluding hydrogens is 372 g/mol. The number of aliphatic hydroxyl groups excluding tert-OH is 1. The summed E-state index contributed by atoms with van der Waals surface area (Å²) in [5.74, 6) is 0.573. The van der Waals surface area contributed by atoms with Gasteiger partial charge in [-0.15, -0.1) is 0 Å². The van der Waals surface area contributed by atoms with Crippen molar-refractivity contribution in [3.8, 4) is 0 Å². The zero-order chi connectivity index (χ0) is 20.6. The first-order valence-electron chi connectivity index (χ1n) is 9.40. The van der Waals surface area contributed by atoms with Crippen molar-refractivity contribution < 1.29 is 9.90 Å². The molecule has 7 N–H and O–H groups in total. The van der Waals surface area contributed by atoms with Gasteiger partial charge in [-0.25, -0.2) is 5.43 Å². The molecule has 0 bridgehead atoms. The van der Waals surface area contributed by atoms with Gasteiger partial charge in [0.05, 0.1) is 31.1 Å². The summed E-state index contributed by atoms with van der Waals surface area (Å²) >= 11 is 0. The zero-order valence-electron chi connectivity index (χ0n) is 16.2. The molecule has 1 unspecified atom stereocenters. The first kappa shape index (κ1) is 20.4. The summed E-state index contributed by atoms with van der Waals surface area (Å²) in [6.45, 7) is 2.76. The minimum absolute atomic E-state index is 0.0768. The fraction of sp³-hybridized carbons (Fsp3) is 0.316. The normalized spacial score (nSPS) is 15.2. The highest BCUT2D eigenvalue weighted by Gasteiger charge is 2.22. The Morgan fingerprint density at radius 1 is 1.38 bits per heavy atom. The number of aliphatic imine (C=N–C) groups is 1. The molecule has 1 atom stereocenters. The molecule has 1 amide bonds. The number of aliphatic hydroxyl groups is 1. The second kappa shape index (κ2) is 9.71. The maximum atomic E-state index is 12.2. The maximum Gasteiger partial charge on any atom is 0.251 e. The van der Waals surface area contributed by atoms with Gasteiger partial charge in [-0.2, -0.15) is 5.10 Å². The van der Waals surface area contributed by atoms with Gasteiger partial charge in [0, 0.05) is 29.2 Å². The van der Waals surface area contributed by atoms with E-state index < -0.39 is 0 Å². The average molecular weight is 398 g/mol. The molecule has 10 nitrogen and oxygen atoms in total. The molecule has 2 aromatic rings. The number of carbonyl (C=O) groups excluding carboxylic acids is 1. The fourth-order valence-electron chi connectivity index (χ4n) is 2.88. The van der Waals surface area contributed by atoms with Gasteiger partial charge in [0.15, 0.2) is 0 Å². The largest absolute Gasteiger partial charge is 0.403 e. The van der Waals surface area contributed by atoms with E-state index in [9.17, 15) is 9.90 Å². The second-order valence-electron chi connectivity index (χ2n) is 6.46. The first-order valence-corrected chi connectivity index (χ1v) is 9.40. The van der Waals surface area contributed by atoms with Gasteiger partial charge in [-0.3, -0.25) is 19.9 Å². The lowest BCUT2D eigenvalue weighted by molar-refractivity contribution is 0.0915. The van der Waals surface area contributed by atoms with E-state index in [-0.39, 0.29) is 18.6 Å². The van der Waals surface area contributed by atoms with E-state index in [1.165, 1.54) is 6.20 Å². The number of hydrogen-bond donors (Lipinski definition) is 6. The Balaban J connectivity index is 1.59. The van der Waals surface area contributed by atoms with Gasteiger partial charge in [-0.05, 0) is 30.7 Å². The van der Waals surface area contributed by atoms with Crippen LogP contribution in [0.3, 0.4) is 0 Å². The van der Waals surface area contributed by atoms with Gasteiger partial charge < -0.3 is 21.5 Å². The molecule has 1 aliphatic rings. The Hall–Kier alpha value is -3.37. The number of carbonyl (C=O) groups is 1. The third-order valence-corrected chi connectivity index (χ3v) is 4.59. The van der Waals surface area contributed by atoms with Gasteiger partial charge >= 0.3 is 0 Å². The summed E-state index contributed by atoms with van der Waals surface area (Å²) in [6, 6.07) is 6.91. The summed E-state index contributed by atoms with van der Waals surface area (Å²) in [5, 5.41) is 23.9. The summed E-state index contributed by atoms with van der Waals surface area (Å²) in [7, 11) is 0. The van der Waals surface area contributed by atoms with Crippen LogP contribution in [0.1, 0.15) is 29.3 Å². The Kier molecular flexibility index (Phi) is 6.82. The van der Waals surface area contributed by atoms with Crippen molar-refractivity contribution in [3.05, 3.63) is 54.0 Å². The number of anilines is 1. The second-order valence-corrected chi connectivity index (χ2v) is 6.46. The van der Waals surface area contributed by atoms with Crippen LogP contribution in [-0.4, -0.2) is 57.9 Å². The molecule has 0 saturated heterocycles. The summed E-state index contributed by atoms with van der Waals surface area (Å²) in [4.78, 5) is 16.7. The highest BCUT2D eigenvalue weighted by molar-refractivity contribution is 5.95. The van der Waals surface area contributed by atoms with Crippen LogP contribution in [-0.2, 0) is 0 Å². The standard InChI is InChI=1S/C19H26N8O2/c1-2-15(11-28)26-19(29)13-3-5-16(6-4-13)21-10-18-22-12-25-27(18)17(7-20)14-8-23-24-9-14/h3-9,15,21,25,28H,2,10-12,20H2,1H3,(H,23,24)(H,26,29)/b17-7-. The quantitative estimate of drug-likeness (QED) is 0.360. The Morgan fingerprint density at radius 2 is 2.17 bits per heavy atom. The number of nitrogens with two attached hydrogens (primary N) is 1. The molecule has 0 fully saturated rings. The van der Waals surface area contributed by atoms with Crippen LogP contribution >= 0.6 is 0 Å². The van der Waals surface area contributed by atoms with Gasteiger partial charge in [0.1, 0.15) is 12.5 Å². The molecule has 10 heteroatoms. The smallest absolute Gasteiger partial charge is 0.251 e. The van der Waals surface area contributed by atoms with Crippen molar-refractivity contribution in [2.45, 2.75) is 19.4 Å². The van der Waals surface area contributed by atoms with E-state index in [0.29, 0.717) is 25.2 Å². The predicted molar refractivity (Wildman–Crippen MR) is 112 cm³/mol. The lowest BCUT2D eigenvalue weighted by Crippen LogP contribution is -2.38. The number of nitrogens with zero attached hydrogens (tertiary/aromatic N) is 3. The van der Waals surface area contributed by atoms with Gasteiger partial charge in [-0.1, -0.05) is 6.92 Å². The fourth-order valence-corrected chi connectivity index (χ4v) is 2.88. The molecule has 0 aliphatic carbocycles. The lowest BCUT2D eigenvalue weighted by atomic mass is 10.1. The summed E-state index contributed by atoms with van der Waals surface area (Å²) in [6.07, 6.45) is 5.62. The number of H-pyrrole nitrogens is 1. The van der Waals surface area contributed by atoms with Crippen molar-refractivity contribution >= 4 is 23.1 Å². The van der Waals surface area contributed by atoms with E-state index in [1.54, 1.807) is 24.5 Å². The number of aromatic nitrogens is 2. The minimum Gasteiger partial charge on any atom is -0.403 e. The number of hydrogen-bond acceptors (Lipinski definition) is 8. The monoisotopic (exact) mass is 398 g/mol. The molecule has 1 aromatic heterocycles. The van der Waals surface area contributed by atoms with Crippen molar-refractivity contribution in [1.82, 2.24) is 25.9 Å². The third-order valence-electron chi connectivity index (χ3n) is 4.59. The number of amides is 1. The first-order chi connectivity index (χ1) is 14.2. The SMILES string of the molecule is CCC(CO)NC(=O)c1ccc(NCC2=NCNN2/C(=C\N)c2cn[nH]c2)cc1. The lowest BCUT2D eigenvalue weighted by Gasteiger charge is -2.22. The molecule has 0 saturated carbocycles. The summed E-state index contributed by atoms with van der Waals surface area (Å²) < 4.78 is 0. The Bertz CT molecular complexity index is 857. The van der Waals surface area contributed by atoms with E-state index in [1.807, 2.05) is 24.1 Å². The molecule has 29 heavy (non-hydrogen) atoms. The average Bonchev–Trinajstić information content (AvgIpc) is 3.44. The van der Waals surface area contributed by atoms with Crippen molar-refractivity contribution in [2.75, 3.05) is 25.1 Å². The van der Waals surface area contributed by atoms with Crippen molar-refractivity contribution in [2.24, 2.45) is 10.7 Å². The molecule has 0 spiro atoms. The topological polar surface area (TPSA) is 144 Å². The molecular formula is C19H26N8O2. The molecule has 154 valence electrons. The molecule has 1 aliphatic heterocycles. The molecule has 1 aromatic carbocycles. The van der Waals surface area contributed by atoms with E-state index in [4.69, 9.17) is 5.73 Å². The molecule has 3 rings (SSSR count). The maximum absolute atomic E-state index is 12.2. The molecule has 2 heterocycles. The predicted octanol–water partition coefficient (Wildman–Crippen LogP) is 0.456. The zero-order valence-corrected chi connectivity index (χ0v) is 16.2.